The highest BCUT2D eigenvalue weighted by Gasteiger charge is 2.23. The Hall–Kier alpha value is -3.23. The molecular formula is C24H24ClN3O4S. The number of rotatable bonds is 6. The summed E-state index contributed by atoms with van der Waals surface area (Å²) in [5.74, 6) is -1.12. The van der Waals surface area contributed by atoms with Crippen molar-refractivity contribution in [3.63, 3.8) is 0 Å². The number of carboxylic acids is 1. The summed E-state index contributed by atoms with van der Waals surface area (Å²) >= 11 is 6.12. The largest absolute Gasteiger partial charge is 0.478 e. The lowest BCUT2D eigenvalue weighted by Crippen LogP contribution is -2.46. The Bertz CT molecular complexity index is 1290. The molecule has 0 aliphatic carbocycles. The van der Waals surface area contributed by atoms with E-state index in [1.165, 1.54) is 18.2 Å². The lowest BCUT2D eigenvalue weighted by atomic mass is 10.1. The van der Waals surface area contributed by atoms with E-state index in [0.717, 1.165) is 11.3 Å². The fourth-order valence-electron chi connectivity index (χ4n) is 3.89. The van der Waals surface area contributed by atoms with Gasteiger partial charge in [0.25, 0.3) is 10.0 Å². The van der Waals surface area contributed by atoms with Gasteiger partial charge in [0.2, 0.25) is 0 Å². The molecule has 0 spiro atoms. The van der Waals surface area contributed by atoms with Crippen LogP contribution in [0, 0.1) is 6.92 Å². The lowest BCUT2D eigenvalue weighted by molar-refractivity contribution is 0.0697. The van der Waals surface area contributed by atoms with Gasteiger partial charge >= 0.3 is 5.97 Å². The Balaban J connectivity index is 1.60. The number of carbonyl (C=O) groups is 1. The zero-order valence-corrected chi connectivity index (χ0v) is 19.6. The Morgan fingerprint density at radius 1 is 0.939 bits per heavy atom. The van der Waals surface area contributed by atoms with E-state index in [4.69, 9.17) is 11.6 Å². The van der Waals surface area contributed by atoms with Gasteiger partial charge in [-0.15, -0.1) is 0 Å². The second kappa shape index (κ2) is 9.33. The summed E-state index contributed by atoms with van der Waals surface area (Å²) in [6, 6.07) is 18.8. The molecule has 0 saturated carbocycles. The highest BCUT2D eigenvalue weighted by Crippen LogP contribution is 2.31. The number of hydrogen-bond acceptors (Lipinski definition) is 5. The molecule has 0 atom stereocenters. The van der Waals surface area contributed by atoms with Crippen molar-refractivity contribution in [3.8, 4) is 0 Å². The summed E-state index contributed by atoms with van der Waals surface area (Å²) in [5.41, 5.74) is 2.74. The molecule has 1 aliphatic rings. The van der Waals surface area contributed by atoms with E-state index in [2.05, 4.69) is 14.5 Å². The molecule has 9 heteroatoms. The minimum atomic E-state index is -3.89. The minimum absolute atomic E-state index is 0.0123. The fourth-order valence-corrected chi connectivity index (χ4v) is 5.25. The summed E-state index contributed by atoms with van der Waals surface area (Å²) in [6.07, 6.45) is 0. The molecule has 1 fully saturated rings. The van der Waals surface area contributed by atoms with E-state index in [0.29, 0.717) is 36.9 Å². The second-order valence-corrected chi connectivity index (χ2v) is 10.0. The average Bonchev–Trinajstić information content (AvgIpc) is 2.79. The first kappa shape index (κ1) is 22.9. The van der Waals surface area contributed by atoms with Crippen molar-refractivity contribution in [1.82, 2.24) is 0 Å². The van der Waals surface area contributed by atoms with Gasteiger partial charge in [0, 0.05) is 36.9 Å². The molecule has 0 bridgehead atoms. The fraction of sp³-hybridized carbons (Fsp3) is 0.208. The van der Waals surface area contributed by atoms with Gasteiger partial charge in [0.05, 0.1) is 21.8 Å². The van der Waals surface area contributed by atoms with Crippen LogP contribution < -0.4 is 14.5 Å². The molecule has 7 nitrogen and oxygen atoms in total. The third-order valence-corrected chi connectivity index (χ3v) is 7.18. The number of anilines is 3. The number of nitrogens with one attached hydrogen (secondary N) is 1. The number of halogens is 1. The van der Waals surface area contributed by atoms with Crippen molar-refractivity contribution >= 4 is 44.7 Å². The van der Waals surface area contributed by atoms with Crippen LogP contribution in [0.15, 0.2) is 71.6 Å². The number of nitrogens with zero attached hydrogens (tertiary/aromatic N) is 2. The van der Waals surface area contributed by atoms with Crippen molar-refractivity contribution in [2.45, 2.75) is 11.8 Å². The standard InChI is InChI=1S/C24H24ClN3O4S/c1-17-4-2-7-21(14-17)33(31,32)26-22-15-18(24(29)30)8-9-23(22)28-12-10-27(11-13-28)20-6-3-5-19(25)16-20/h2-9,14-16,26H,10-13H2,1H3,(H,29,30). The Labute approximate surface area is 198 Å². The van der Waals surface area contributed by atoms with Crippen molar-refractivity contribution in [2.75, 3.05) is 40.7 Å². The Morgan fingerprint density at radius 3 is 2.30 bits per heavy atom. The van der Waals surface area contributed by atoms with Crippen LogP contribution in [0.4, 0.5) is 17.1 Å². The number of aryl methyl sites for hydroxylation is 1. The van der Waals surface area contributed by atoms with E-state index in [1.54, 1.807) is 18.2 Å². The summed E-state index contributed by atoms with van der Waals surface area (Å²) in [5, 5.41) is 10.1. The van der Waals surface area contributed by atoms with Gasteiger partial charge in [0.15, 0.2) is 0 Å². The van der Waals surface area contributed by atoms with E-state index in [1.807, 2.05) is 37.3 Å². The molecule has 1 aliphatic heterocycles. The summed E-state index contributed by atoms with van der Waals surface area (Å²) in [4.78, 5) is 15.9. The van der Waals surface area contributed by atoms with Gasteiger partial charge in [-0.1, -0.05) is 29.8 Å². The molecule has 4 rings (SSSR count). The van der Waals surface area contributed by atoms with Gasteiger partial charge in [0.1, 0.15) is 0 Å². The van der Waals surface area contributed by atoms with Gasteiger partial charge in [-0.25, -0.2) is 13.2 Å². The maximum atomic E-state index is 13.0. The molecule has 3 aromatic rings. The first-order chi connectivity index (χ1) is 15.7. The van der Waals surface area contributed by atoms with Gasteiger partial charge in [-0.05, 0) is 61.0 Å². The number of hydrogen-bond donors (Lipinski definition) is 2. The van der Waals surface area contributed by atoms with Crippen LogP contribution in [0.3, 0.4) is 0 Å². The quantitative estimate of drug-likeness (QED) is 0.535. The third kappa shape index (κ3) is 5.23. The van der Waals surface area contributed by atoms with Crippen LogP contribution in [-0.2, 0) is 10.0 Å². The maximum absolute atomic E-state index is 13.0. The molecule has 172 valence electrons. The summed E-state index contributed by atoms with van der Waals surface area (Å²) in [6.45, 7) is 4.52. The van der Waals surface area contributed by atoms with E-state index in [-0.39, 0.29) is 16.1 Å². The van der Waals surface area contributed by atoms with Gasteiger partial charge < -0.3 is 14.9 Å². The molecule has 0 amide bonds. The second-order valence-electron chi connectivity index (χ2n) is 7.91. The summed E-state index contributed by atoms with van der Waals surface area (Å²) in [7, 11) is -3.89. The van der Waals surface area contributed by atoms with Crippen LogP contribution in [0.1, 0.15) is 15.9 Å². The molecule has 3 aromatic carbocycles. The predicted octanol–water partition coefficient (Wildman–Crippen LogP) is 4.47. The number of benzene rings is 3. The van der Waals surface area contributed by atoms with Gasteiger partial charge in [-0.3, -0.25) is 4.72 Å². The Morgan fingerprint density at radius 2 is 1.64 bits per heavy atom. The van der Waals surface area contributed by atoms with Crippen LogP contribution >= 0.6 is 11.6 Å². The maximum Gasteiger partial charge on any atom is 0.335 e. The topological polar surface area (TPSA) is 89.9 Å². The SMILES string of the molecule is Cc1cccc(S(=O)(=O)Nc2cc(C(=O)O)ccc2N2CCN(c3cccc(Cl)c3)CC2)c1. The zero-order chi connectivity index (χ0) is 23.6. The number of carboxylic acid groups (broad SMARTS) is 1. The van der Waals surface area contributed by atoms with Crippen LogP contribution in [0.25, 0.3) is 0 Å². The molecule has 0 aromatic heterocycles. The van der Waals surface area contributed by atoms with Gasteiger partial charge in [-0.2, -0.15) is 0 Å². The number of piperazine rings is 1. The first-order valence-corrected chi connectivity index (χ1v) is 12.3. The molecule has 2 N–H and O–H groups in total. The summed E-state index contributed by atoms with van der Waals surface area (Å²) < 4.78 is 28.7. The molecule has 1 saturated heterocycles. The molecule has 0 radical (unpaired) electrons. The zero-order valence-electron chi connectivity index (χ0n) is 18.0. The average molecular weight is 486 g/mol. The van der Waals surface area contributed by atoms with Crippen LogP contribution in [-0.4, -0.2) is 45.7 Å². The predicted molar refractivity (Wildman–Crippen MR) is 131 cm³/mol. The number of aromatic carboxylic acids is 1. The Kier molecular flexibility index (Phi) is 6.49. The minimum Gasteiger partial charge on any atom is -0.478 e. The monoisotopic (exact) mass is 485 g/mol. The van der Waals surface area contributed by atoms with Crippen molar-refractivity contribution in [1.29, 1.82) is 0 Å². The highest BCUT2D eigenvalue weighted by molar-refractivity contribution is 7.92. The van der Waals surface area contributed by atoms with Crippen molar-refractivity contribution < 1.29 is 18.3 Å². The smallest absolute Gasteiger partial charge is 0.335 e. The lowest BCUT2D eigenvalue weighted by Gasteiger charge is -2.38. The first-order valence-electron chi connectivity index (χ1n) is 10.5. The third-order valence-electron chi connectivity index (χ3n) is 5.58. The van der Waals surface area contributed by atoms with Crippen molar-refractivity contribution in [3.05, 3.63) is 82.9 Å². The number of sulfonamides is 1. The van der Waals surface area contributed by atoms with Crippen LogP contribution in [0.5, 0.6) is 0 Å². The normalized spacial score (nSPS) is 14.2. The van der Waals surface area contributed by atoms with Crippen molar-refractivity contribution in [2.24, 2.45) is 0 Å². The van der Waals surface area contributed by atoms with E-state index in [9.17, 15) is 18.3 Å². The molecular weight excluding hydrogens is 462 g/mol. The van der Waals surface area contributed by atoms with E-state index < -0.39 is 16.0 Å². The highest BCUT2D eigenvalue weighted by atomic mass is 35.5. The molecule has 33 heavy (non-hydrogen) atoms. The van der Waals surface area contributed by atoms with Crippen LogP contribution in [0.2, 0.25) is 5.02 Å². The molecule has 1 heterocycles. The molecule has 0 unspecified atom stereocenters. The van der Waals surface area contributed by atoms with E-state index >= 15 is 0 Å².